The molecule has 0 fully saturated rings. The highest BCUT2D eigenvalue weighted by Crippen LogP contribution is 2.33. The average molecular weight is 558 g/mol. The summed E-state index contributed by atoms with van der Waals surface area (Å²) in [5, 5.41) is 5.53. The Morgan fingerprint density at radius 3 is 2.21 bits per heavy atom. The molecule has 0 N–H and O–H groups in total. The fourth-order valence-electron chi connectivity index (χ4n) is 3.92. The third-order valence-electron chi connectivity index (χ3n) is 5.72. The largest absolute Gasteiger partial charge is 0.573 e. The SMILES string of the molecule is COC(=O)N(C(=O)N(C)/N=C1/Cc2ccc(Cl)cc2CC1(OC)C(=O)OC)c1ccc(OC(F)(F)F)cc1. The van der Waals surface area contributed by atoms with Gasteiger partial charge in [0.2, 0.25) is 5.60 Å². The van der Waals surface area contributed by atoms with Gasteiger partial charge in [-0.2, -0.15) is 10.0 Å². The van der Waals surface area contributed by atoms with Gasteiger partial charge in [0.05, 0.1) is 25.6 Å². The average Bonchev–Trinajstić information content (AvgIpc) is 2.87. The van der Waals surface area contributed by atoms with Gasteiger partial charge in [0, 0.05) is 32.0 Å². The molecule has 1 unspecified atom stereocenters. The van der Waals surface area contributed by atoms with Gasteiger partial charge in [-0.3, -0.25) is 0 Å². The van der Waals surface area contributed by atoms with Crippen molar-refractivity contribution in [3.63, 3.8) is 0 Å². The van der Waals surface area contributed by atoms with Crippen molar-refractivity contribution in [2.75, 3.05) is 33.3 Å². The van der Waals surface area contributed by atoms with Crippen LogP contribution >= 0.6 is 11.6 Å². The number of rotatable bonds is 5. The molecule has 0 saturated carbocycles. The van der Waals surface area contributed by atoms with E-state index in [-0.39, 0.29) is 24.2 Å². The summed E-state index contributed by atoms with van der Waals surface area (Å²) in [4.78, 5) is 39.2. The highest BCUT2D eigenvalue weighted by Gasteiger charge is 2.49. The molecule has 0 aromatic heterocycles. The van der Waals surface area contributed by atoms with E-state index >= 15 is 0 Å². The van der Waals surface area contributed by atoms with E-state index < -0.39 is 35.8 Å². The number of amides is 3. The molecule has 38 heavy (non-hydrogen) atoms. The number of hydrazone groups is 1. The molecule has 0 radical (unpaired) electrons. The normalized spacial score (nSPS) is 17.8. The van der Waals surface area contributed by atoms with Crippen molar-refractivity contribution in [2.24, 2.45) is 5.10 Å². The number of hydrogen-bond donors (Lipinski definition) is 0. The minimum Gasteiger partial charge on any atom is -0.467 e. The van der Waals surface area contributed by atoms with Crippen molar-refractivity contribution >= 4 is 41.1 Å². The summed E-state index contributed by atoms with van der Waals surface area (Å²) in [6.45, 7) is 0. The summed E-state index contributed by atoms with van der Waals surface area (Å²) < 4.78 is 56.5. The zero-order valence-corrected chi connectivity index (χ0v) is 21.4. The van der Waals surface area contributed by atoms with Gasteiger partial charge in [0.15, 0.2) is 0 Å². The fraction of sp³-hybridized carbons (Fsp3) is 0.333. The van der Waals surface area contributed by atoms with Gasteiger partial charge in [0.1, 0.15) is 5.75 Å². The number of urea groups is 1. The van der Waals surface area contributed by atoms with E-state index in [4.69, 9.17) is 21.1 Å². The molecule has 2 aromatic rings. The van der Waals surface area contributed by atoms with Gasteiger partial charge in [-0.1, -0.05) is 17.7 Å². The number of alkyl halides is 3. The number of fused-ring (bicyclic) bond motifs is 1. The molecule has 10 nitrogen and oxygen atoms in total. The Hall–Kier alpha value is -3.84. The maximum Gasteiger partial charge on any atom is 0.573 e. The van der Waals surface area contributed by atoms with Crippen LogP contribution in [-0.4, -0.2) is 69.2 Å². The van der Waals surface area contributed by atoms with Gasteiger partial charge in [0.25, 0.3) is 0 Å². The van der Waals surface area contributed by atoms with E-state index in [1.807, 2.05) is 0 Å². The number of carbonyl (C=O) groups is 3. The van der Waals surface area contributed by atoms with Crippen LogP contribution in [0.1, 0.15) is 11.1 Å². The van der Waals surface area contributed by atoms with Gasteiger partial charge < -0.3 is 18.9 Å². The molecule has 1 aliphatic rings. The molecule has 0 bridgehead atoms. The van der Waals surface area contributed by atoms with Gasteiger partial charge in [-0.05, 0) is 47.5 Å². The van der Waals surface area contributed by atoms with E-state index in [9.17, 15) is 27.6 Å². The maximum absolute atomic E-state index is 13.3. The van der Waals surface area contributed by atoms with Gasteiger partial charge in [-0.25, -0.2) is 19.4 Å². The first-order valence-electron chi connectivity index (χ1n) is 10.9. The quantitative estimate of drug-likeness (QED) is 0.391. The van der Waals surface area contributed by atoms with Crippen molar-refractivity contribution < 1.29 is 46.5 Å². The molecule has 0 aliphatic heterocycles. The molecule has 14 heteroatoms. The van der Waals surface area contributed by atoms with Crippen molar-refractivity contribution in [2.45, 2.75) is 24.8 Å². The number of nitrogens with zero attached hydrogens (tertiary/aromatic N) is 3. The first-order chi connectivity index (χ1) is 17.8. The van der Waals surface area contributed by atoms with Crippen LogP contribution in [0, 0.1) is 0 Å². The Morgan fingerprint density at radius 1 is 1.00 bits per heavy atom. The Balaban J connectivity index is 2.00. The van der Waals surface area contributed by atoms with Crippen LogP contribution in [0.4, 0.5) is 28.4 Å². The summed E-state index contributed by atoms with van der Waals surface area (Å²) in [6, 6.07) is 8.03. The summed E-state index contributed by atoms with van der Waals surface area (Å²) >= 11 is 6.11. The van der Waals surface area contributed by atoms with Crippen molar-refractivity contribution in [3.8, 4) is 5.75 Å². The third kappa shape index (κ3) is 6.00. The van der Waals surface area contributed by atoms with Crippen LogP contribution in [0.25, 0.3) is 0 Å². The Kier molecular flexibility index (Phi) is 8.52. The molecule has 3 rings (SSSR count). The number of halogens is 4. The smallest absolute Gasteiger partial charge is 0.467 e. The Labute approximate surface area is 220 Å². The minimum absolute atomic E-state index is 0.00825. The Morgan fingerprint density at radius 2 is 1.66 bits per heavy atom. The standard InChI is InChI=1S/C24H23ClF3N3O7/c1-30(21(33)31(22(34)36-3)17-7-9-18(10-8-17)38-24(26,27)28)29-19-12-14-5-6-16(25)11-15(14)13-23(19,37-4)20(32)35-2/h5-11H,12-13H2,1-4H3/b29-19-. The van der Waals surface area contributed by atoms with E-state index in [0.29, 0.717) is 9.92 Å². The number of carbonyl (C=O) groups excluding carboxylic acids is 3. The number of anilines is 1. The topological polar surface area (TPSA) is 107 Å². The molecule has 2 aromatic carbocycles. The fourth-order valence-corrected chi connectivity index (χ4v) is 4.11. The molecule has 1 atom stereocenters. The van der Waals surface area contributed by atoms with Crippen molar-refractivity contribution in [1.82, 2.24) is 5.01 Å². The van der Waals surface area contributed by atoms with Crippen LogP contribution in [0.5, 0.6) is 5.75 Å². The number of esters is 1. The first kappa shape index (κ1) is 28.7. The Bertz CT molecular complexity index is 1250. The minimum atomic E-state index is -4.92. The van der Waals surface area contributed by atoms with Crippen LogP contribution in [0.2, 0.25) is 5.02 Å². The molecular weight excluding hydrogens is 535 g/mol. The van der Waals surface area contributed by atoms with Crippen molar-refractivity contribution in [3.05, 3.63) is 58.6 Å². The van der Waals surface area contributed by atoms with Crippen LogP contribution in [-0.2, 0) is 31.8 Å². The first-order valence-corrected chi connectivity index (χ1v) is 11.2. The lowest BCUT2D eigenvalue weighted by Gasteiger charge is -2.36. The molecular formula is C24H23ClF3N3O7. The van der Waals surface area contributed by atoms with Crippen molar-refractivity contribution in [1.29, 1.82) is 0 Å². The number of benzene rings is 2. The van der Waals surface area contributed by atoms with E-state index in [1.165, 1.54) is 21.3 Å². The highest BCUT2D eigenvalue weighted by atomic mass is 35.5. The monoisotopic (exact) mass is 557 g/mol. The molecule has 0 heterocycles. The molecule has 1 aliphatic carbocycles. The number of ether oxygens (including phenoxy) is 4. The highest BCUT2D eigenvalue weighted by molar-refractivity contribution is 6.30. The van der Waals surface area contributed by atoms with Crippen LogP contribution in [0.3, 0.4) is 0 Å². The third-order valence-corrected chi connectivity index (χ3v) is 5.95. The van der Waals surface area contributed by atoms with Gasteiger partial charge in [-0.15, -0.1) is 13.2 Å². The second-order valence-electron chi connectivity index (χ2n) is 7.99. The predicted octanol–water partition coefficient (Wildman–Crippen LogP) is 4.58. The van der Waals surface area contributed by atoms with Gasteiger partial charge >= 0.3 is 24.5 Å². The zero-order valence-electron chi connectivity index (χ0n) is 20.7. The summed E-state index contributed by atoms with van der Waals surface area (Å²) in [5.41, 5.74) is -0.229. The van der Waals surface area contributed by atoms with E-state index in [0.717, 1.165) is 47.5 Å². The summed E-state index contributed by atoms with van der Waals surface area (Å²) in [5.74, 6) is -1.33. The molecule has 3 amide bonds. The zero-order chi connectivity index (χ0) is 28.3. The maximum atomic E-state index is 13.3. The lowest BCUT2D eigenvalue weighted by Crippen LogP contribution is -2.55. The number of imide groups is 1. The second-order valence-corrected chi connectivity index (χ2v) is 8.43. The second kappa shape index (κ2) is 11.3. The van der Waals surface area contributed by atoms with E-state index in [2.05, 4.69) is 14.6 Å². The lowest BCUT2D eigenvalue weighted by atomic mass is 9.78. The number of methoxy groups -OCH3 is 3. The van der Waals surface area contributed by atoms with E-state index in [1.54, 1.807) is 18.2 Å². The number of hydrogen-bond acceptors (Lipinski definition) is 8. The predicted molar refractivity (Wildman–Crippen MR) is 129 cm³/mol. The molecule has 0 spiro atoms. The lowest BCUT2D eigenvalue weighted by molar-refractivity contribution is -0.274. The van der Waals surface area contributed by atoms with Crippen LogP contribution < -0.4 is 9.64 Å². The molecule has 204 valence electrons. The summed E-state index contributed by atoms with van der Waals surface area (Å²) in [7, 11) is 4.71. The molecule has 0 saturated heterocycles. The van der Waals surface area contributed by atoms with Crippen LogP contribution in [0.15, 0.2) is 47.6 Å². The summed E-state index contributed by atoms with van der Waals surface area (Å²) in [6.07, 6.45) is -5.97.